The second-order valence-corrected chi connectivity index (χ2v) is 5.56. The van der Waals surface area contributed by atoms with Crippen LogP contribution in [-0.4, -0.2) is 19.7 Å². The number of hydrogen-bond acceptors (Lipinski definition) is 3. The van der Waals surface area contributed by atoms with Gasteiger partial charge in [0.1, 0.15) is 0 Å². The maximum atomic E-state index is 11.4. The fourth-order valence-corrected chi connectivity index (χ4v) is 2.00. The molecule has 0 aliphatic heterocycles. The lowest BCUT2D eigenvalue weighted by molar-refractivity contribution is 0.601. The molecule has 0 bridgehead atoms. The molecule has 0 amide bonds. The predicted molar refractivity (Wildman–Crippen MR) is 62.8 cm³/mol. The van der Waals surface area contributed by atoms with Gasteiger partial charge in [0.25, 0.3) is 0 Å². The van der Waals surface area contributed by atoms with Crippen molar-refractivity contribution in [3.63, 3.8) is 0 Å². The number of pyridine rings is 1. The lowest BCUT2D eigenvalue weighted by Crippen LogP contribution is -1.97. The Hall–Kier alpha value is -1.68. The van der Waals surface area contributed by atoms with Crippen molar-refractivity contribution in [1.82, 2.24) is 4.98 Å². The van der Waals surface area contributed by atoms with Gasteiger partial charge < -0.3 is 0 Å². The maximum Gasteiger partial charge on any atom is 0.177 e. The second kappa shape index (κ2) is 4.06. The minimum atomic E-state index is -3.20. The van der Waals surface area contributed by atoms with Crippen molar-refractivity contribution in [2.75, 3.05) is 6.26 Å². The summed E-state index contributed by atoms with van der Waals surface area (Å²) in [6.07, 6.45) is 4.20. The Labute approximate surface area is 94.7 Å². The average molecular weight is 233 g/mol. The smallest absolute Gasteiger partial charge is 0.177 e. The topological polar surface area (TPSA) is 47.0 Å². The van der Waals surface area contributed by atoms with Crippen molar-refractivity contribution in [2.24, 2.45) is 0 Å². The Kier molecular flexibility index (Phi) is 2.75. The Balaban J connectivity index is 2.53. The van der Waals surface area contributed by atoms with Crippen LogP contribution in [0.4, 0.5) is 0 Å². The zero-order valence-electron chi connectivity index (χ0n) is 8.79. The van der Waals surface area contributed by atoms with Crippen LogP contribution in [0.25, 0.3) is 11.1 Å². The van der Waals surface area contributed by atoms with Gasteiger partial charge in [0.2, 0.25) is 0 Å². The molecule has 1 aromatic carbocycles. The van der Waals surface area contributed by atoms with Crippen LogP contribution >= 0.6 is 0 Å². The molecule has 0 saturated heterocycles. The van der Waals surface area contributed by atoms with Crippen molar-refractivity contribution in [2.45, 2.75) is 4.90 Å². The van der Waals surface area contributed by atoms with E-state index in [1.54, 1.807) is 12.3 Å². The molecule has 1 heterocycles. The van der Waals surface area contributed by atoms with Gasteiger partial charge in [0.15, 0.2) is 9.84 Å². The minimum Gasteiger partial charge on any atom is -0.263 e. The third-order valence-electron chi connectivity index (χ3n) is 2.25. The summed E-state index contributed by atoms with van der Waals surface area (Å²) in [7, 11) is -3.20. The highest BCUT2D eigenvalue weighted by Crippen LogP contribution is 2.20. The molecule has 0 saturated carbocycles. The van der Waals surface area contributed by atoms with E-state index in [1.807, 2.05) is 30.3 Å². The molecular formula is C12H11NO2S. The molecule has 2 rings (SSSR count). The lowest BCUT2D eigenvalue weighted by Gasteiger charge is -2.03. The predicted octanol–water partition coefficient (Wildman–Crippen LogP) is 2.15. The first-order chi connectivity index (χ1) is 7.57. The van der Waals surface area contributed by atoms with Gasteiger partial charge in [-0.1, -0.05) is 30.3 Å². The molecule has 0 unspecified atom stereocenters. The third kappa shape index (κ3) is 2.28. The second-order valence-electron chi connectivity index (χ2n) is 3.55. The number of nitrogens with zero attached hydrogens (tertiary/aromatic N) is 1. The molecule has 0 fully saturated rings. The van der Waals surface area contributed by atoms with E-state index in [1.165, 1.54) is 12.5 Å². The van der Waals surface area contributed by atoms with Crippen molar-refractivity contribution in [1.29, 1.82) is 0 Å². The summed E-state index contributed by atoms with van der Waals surface area (Å²) >= 11 is 0. The SMILES string of the molecule is CS(=O)(=O)c1cncc(-c2ccccc2)c1. The molecule has 0 N–H and O–H groups in total. The average Bonchev–Trinajstić information content (AvgIpc) is 2.29. The van der Waals surface area contributed by atoms with Crippen molar-refractivity contribution < 1.29 is 8.42 Å². The van der Waals surface area contributed by atoms with E-state index in [0.29, 0.717) is 0 Å². The van der Waals surface area contributed by atoms with Gasteiger partial charge in [0.05, 0.1) is 4.90 Å². The first-order valence-corrected chi connectivity index (χ1v) is 6.67. The van der Waals surface area contributed by atoms with Gasteiger partial charge in [0, 0.05) is 24.2 Å². The van der Waals surface area contributed by atoms with E-state index in [2.05, 4.69) is 4.98 Å². The van der Waals surface area contributed by atoms with Crippen LogP contribution in [-0.2, 0) is 9.84 Å². The van der Waals surface area contributed by atoms with E-state index in [9.17, 15) is 8.42 Å². The first kappa shape index (κ1) is 10.8. The van der Waals surface area contributed by atoms with Gasteiger partial charge in [-0.2, -0.15) is 0 Å². The van der Waals surface area contributed by atoms with E-state index >= 15 is 0 Å². The van der Waals surface area contributed by atoms with Gasteiger partial charge in [-0.15, -0.1) is 0 Å². The molecule has 0 radical (unpaired) electrons. The van der Waals surface area contributed by atoms with Crippen LogP contribution in [0.2, 0.25) is 0 Å². The number of rotatable bonds is 2. The first-order valence-electron chi connectivity index (χ1n) is 4.78. The molecule has 0 spiro atoms. The Morgan fingerprint density at radius 2 is 1.69 bits per heavy atom. The highest BCUT2D eigenvalue weighted by atomic mass is 32.2. The van der Waals surface area contributed by atoms with Crippen LogP contribution in [0.15, 0.2) is 53.7 Å². The molecule has 2 aromatic rings. The molecule has 4 heteroatoms. The fourth-order valence-electron chi connectivity index (χ4n) is 1.41. The lowest BCUT2D eigenvalue weighted by atomic mass is 10.1. The van der Waals surface area contributed by atoms with E-state index in [-0.39, 0.29) is 4.90 Å². The Morgan fingerprint density at radius 1 is 1.00 bits per heavy atom. The summed E-state index contributed by atoms with van der Waals surface area (Å²) < 4.78 is 22.8. The van der Waals surface area contributed by atoms with Crippen molar-refractivity contribution >= 4 is 9.84 Å². The minimum absolute atomic E-state index is 0.244. The van der Waals surface area contributed by atoms with E-state index in [0.717, 1.165) is 11.1 Å². The number of hydrogen-bond donors (Lipinski definition) is 0. The summed E-state index contributed by atoms with van der Waals surface area (Å²) in [5.41, 5.74) is 1.77. The van der Waals surface area contributed by atoms with Crippen LogP contribution in [0, 0.1) is 0 Å². The molecule has 1 aromatic heterocycles. The zero-order chi connectivity index (χ0) is 11.6. The largest absolute Gasteiger partial charge is 0.263 e. The van der Waals surface area contributed by atoms with Gasteiger partial charge in [-0.05, 0) is 11.6 Å². The van der Waals surface area contributed by atoms with Gasteiger partial charge >= 0.3 is 0 Å². The molecule has 0 aliphatic carbocycles. The fraction of sp³-hybridized carbons (Fsp3) is 0.0833. The van der Waals surface area contributed by atoms with Gasteiger partial charge in [-0.3, -0.25) is 4.98 Å². The highest BCUT2D eigenvalue weighted by molar-refractivity contribution is 7.90. The van der Waals surface area contributed by atoms with Crippen molar-refractivity contribution in [3.05, 3.63) is 48.8 Å². The third-order valence-corrected chi connectivity index (χ3v) is 3.33. The molecule has 3 nitrogen and oxygen atoms in total. The zero-order valence-corrected chi connectivity index (χ0v) is 9.61. The molecular weight excluding hydrogens is 222 g/mol. The van der Waals surface area contributed by atoms with E-state index in [4.69, 9.17) is 0 Å². The Morgan fingerprint density at radius 3 is 2.31 bits per heavy atom. The number of benzene rings is 1. The monoisotopic (exact) mass is 233 g/mol. The van der Waals surface area contributed by atoms with Crippen LogP contribution in [0.3, 0.4) is 0 Å². The maximum absolute atomic E-state index is 11.4. The molecule has 0 aliphatic rings. The van der Waals surface area contributed by atoms with E-state index < -0.39 is 9.84 Å². The molecule has 82 valence electrons. The van der Waals surface area contributed by atoms with Crippen LogP contribution in [0.1, 0.15) is 0 Å². The van der Waals surface area contributed by atoms with Crippen LogP contribution < -0.4 is 0 Å². The summed E-state index contributed by atoms with van der Waals surface area (Å²) in [5, 5.41) is 0. The summed E-state index contributed by atoms with van der Waals surface area (Å²) in [5.74, 6) is 0. The number of sulfone groups is 1. The molecule has 0 atom stereocenters. The van der Waals surface area contributed by atoms with Gasteiger partial charge in [-0.25, -0.2) is 8.42 Å². The summed E-state index contributed by atoms with van der Waals surface area (Å²) in [6.45, 7) is 0. The highest BCUT2D eigenvalue weighted by Gasteiger charge is 2.08. The molecule has 16 heavy (non-hydrogen) atoms. The Bertz CT molecular complexity index is 591. The quantitative estimate of drug-likeness (QED) is 0.798. The summed E-state index contributed by atoms with van der Waals surface area (Å²) in [6, 6.07) is 11.2. The normalized spacial score (nSPS) is 11.3. The van der Waals surface area contributed by atoms with Crippen LogP contribution in [0.5, 0.6) is 0 Å². The van der Waals surface area contributed by atoms with Crippen molar-refractivity contribution in [3.8, 4) is 11.1 Å². The summed E-state index contributed by atoms with van der Waals surface area (Å²) in [4.78, 5) is 4.19. The number of aromatic nitrogens is 1. The standard InChI is InChI=1S/C12H11NO2S/c1-16(14,15)12-7-11(8-13-9-12)10-5-3-2-4-6-10/h2-9H,1H3.